The minimum atomic E-state index is -0.997. The van der Waals surface area contributed by atoms with Crippen LogP contribution in [0.15, 0.2) is 30.3 Å². The van der Waals surface area contributed by atoms with Crippen LogP contribution in [0.5, 0.6) is 0 Å². The smallest absolute Gasteiger partial charge is 0.408 e. The van der Waals surface area contributed by atoms with Crippen LogP contribution in [0.1, 0.15) is 66.4 Å². The van der Waals surface area contributed by atoms with Crippen molar-refractivity contribution in [2.24, 2.45) is 5.92 Å². The minimum absolute atomic E-state index is 0.0745. The van der Waals surface area contributed by atoms with Gasteiger partial charge in [0.15, 0.2) is 0 Å². The van der Waals surface area contributed by atoms with E-state index in [1.54, 1.807) is 20.8 Å². The Kier molecular flexibility index (Phi) is 12.2. The summed E-state index contributed by atoms with van der Waals surface area (Å²) in [5.41, 5.74) is 0.104. The number of hydrogen-bond acceptors (Lipinski definition) is 7. The summed E-state index contributed by atoms with van der Waals surface area (Å²) in [6.07, 6.45) is 0.968. The minimum Gasteiger partial charge on any atom is -0.467 e. The topological polar surface area (TPSA) is 134 Å². The number of nitrogens with one attached hydrogen (secondary N) is 2. The summed E-state index contributed by atoms with van der Waals surface area (Å²) in [4.78, 5) is 68.1. The molecule has 228 valence electrons. The number of carbonyl (C=O) groups excluding carboxylic acids is 5. The fourth-order valence-corrected chi connectivity index (χ4v) is 4.82. The number of methoxy groups -OCH3 is 1. The van der Waals surface area contributed by atoms with E-state index in [0.29, 0.717) is 25.8 Å². The fraction of sp³-hybridized carbons (Fsp3) is 0.633. The van der Waals surface area contributed by atoms with Crippen LogP contribution in [-0.4, -0.2) is 90.1 Å². The molecule has 0 aliphatic carbocycles. The summed E-state index contributed by atoms with van der Waals surface area (Å²) < 4.78 is 10.2. The zero-order chi connectivity index (χ0) is 30.9. The number of rotatable bonds is 11. The van der Waals surface area contributed by atoms with Crippen LogP contribution in [-0.2, 0) is 35.1 Å². The first-order valence-corrected chi connectivity index (χ1v) is 14.1. The number of alkyl carbamates (subject to hydrolysis) is 1. The van der Waals surface area contributed by atoms with Gasteiger partial charge in [0, 0.05) is 20.0 Å². The van der Waals surface area contributed by atoms with E-state index in [2.05, 4.69) is 10.6 Å². The number of benzene rings is 1. The second-order valence-electron chi connectivity index (χ2n) is 11.9. The highest BCUT2D eigenvalue weighted by molar-refractivity contribution is 5.95. The van der Waals surface area contributed by atoms with Crippen LogP contribution in [0, 0.1) is 5.92 Å². The van der Waals surface area contributed by atoms with E-state index < -0.39 is 53.6 Å². The van der Waals surface area contributed by atoms with Crippen LogP contribution in [0.25, 0.3) is 0 Å². The molecular formula is C30H46N4O7. The maximum absolute atomic E-state index is 13.8. The number of hydrogen-bond donors (Lipinski definition) is 2. The third-order valence-corrected chi connectivity index (χ3v) is 6.82. The van der Waals surface area contributed by atoms with Gasteiger partial charge >= 0.3 is 12.1 Å². The Morgan fingerprint density at radius 3 is 2.24 bits per heavy atom. The van der Waals surface area contributed by atoms with Crippen molar-refractivity contribution in [2.45, 2.75) is 97.0 Å². The number of likely N-dealkylation sites (tertiary alicyclic amines) is 1. The Balaban J connectivity index is 2.23. The predicted molar refractivity (Wildman–Crippen MR) is 154 cm³/mol. The molecular weight excluding hydrogens is 528 g/mol. The lowest BCUT2D eigenvalue weighted by Crippen LogP contribution is -2.58. The molecule has 1 saturated heterocycles. The molecule has 4 amide bonds. The molecule has 1 aromatic carbocycles. The van der Waals surface area contributed by atoms with E-state index in [-0.39, 0.29) is 18.2 Å². The molecule has 0 radical (unpaired) electrons. The number of nitrogens with zero attached hydrogens (tertiary/aromatic N) is 2. The Morgan fingerprint density at radius 1 is 1.05 bits per heavy atom. The van der Waals surface area contributed by atoms with E-state index in [1.165, 1.54) is 30.9 Å². The molecule has 1 aliphatic rings. The summed E-state index contributed by atoms with van der Waals surface area (Å²) in [5.74, 6) is -1.79. The van der Waals surface area contributed by atoms with Crippen LogP contribution >= 0.6 is 0 Å². The van der Waals surface area contributed by atoms with Gasteiger partial charge in [-0.15, -0.1) is 0 Å². The third kappa shape index (κ3) is 10.1. The van der Waals surface area contributed by atoms with Gasteiger partial charge < -0.3 is 29.9 Å². The van der Waals surface area contributed by atoms with Gasteiger partial charge in [-0.1, -0.05) is 44.2 Å². The Bertz CT molecular complexity index is 1070. The number of amides is 4. The van der Waals surface area contributed by atoms with Crippen molar-refractivity contribution < 1.29 is 33.4 Å². The van der Waals surface area contributed by atoms with Gasteiger partial charge in [0.1, 0.15) is 29.8 Å². The van der Waals surface area contributed by atoms with Gasteiger partial charge in [-0.2, -0.15) is 0 Å². The van der Waals surface area contributed by atoms with Crippen molar-refractivity contribution in [3.8, 4) is 0 Å². The van der Waals surface area contributed by atoms with E-state index in [4.69, 9.17) is 9.47 Å². The van der Waals surface area contributed by atoms with E-state index >= 15 is 0 Å². The first-order valence-electron chi connectivity index (χ1n) is 14.1. The van der Waals surface area contributed by atoms with Gasteiger partial charge in [-0.3, -0.25) is 14.4 Å². The van der Waals surface area contributed by atoms with Crippen molar-refractivity contribution in [2.75, 3.05) is 20.7 Å². The van der Waals surface area contributed by atoms with Crippen molar-refractivity contribution >= 4 is 29.8 Å². The number of ether oxygens (including phenoxy) is 2. The summed E-state index contributed by atoms with van der Waals surface area (Å²) in [6, 6.07) is 5.75. The molecule has 2 N–H and O–H groups in total. The molecule has 1 heterocycles. The summed E-state index contributed by atoms with van der Waals surface area (Å²) in [7, 11) is 2.80. The molecule has 0 spiro atoms. The molecule has 0 bridgehead atoms. The van der Waals surface area contributed by atoms with Crippen LogP contribution in [0.2, 0.25) is 0 Å². The second kappa shape index (κ2) is 14.8. The molecule has 0 unspecified atom stereocenters. The highest BCUT2D eigenvalue weighted by Crippen LogP contribution is 2.22. The van der Waals surface area contributed by atoms with Gasteiger partial charge in [0.05, 0.1) is 7.11 Å². The Morgan fingerprint density at radius 2 is 1.68 bits per heavy atom. The zero-order valence-electron chi connectivity index (χ0n) is 25.6. The lowest BCUT2D eigenvalue weighted by molar-refractivity contribution is -0.154. The number of esters is 1. The normalized spacial score (nSPS) is 17.3. The highest BCUT2D eigenvalue weighted by Gasteiger charge is 2.41. The molecule has 4 atom stereocenters. The van der Waals surface area contributed by atoms with Gasteiger partial charge in [-0.25, -0.2) is 9.59 Å². The van der Waals surface area contributed by atoms with Crippen molar-refractivity contribution in [1.29, 1.82) is 0 Å². The zero-order valence-corrected chi connectivity index (χ0v) is 25.6. The predicted octanol–water partition coefficient (Wildman–Crippen LogP) is 2.66. The fourth-order valence-electron chi connectivity index (χ4n) is 4.82. The van der Waals surface area contributed by atoms with Crippen LogP contribution < -0.4 is 10.6 Å². The molecule has 41 heavy (non-hydrogen) atoms. The molecule has 1 aromatic rings. The largest absolute Gasteiger partial charge is 0.467 e. The number of likely N-dealkylation sites (N-methyl/N-ethyl adjacent to an activating group) is 1. The molecule has 1 aliphatic heterocycles. The molecule has 2 rings (SSSR count). The highest BCUT2D eigenvalue weighted by atomic mass is 16.6. The second-order valence-corrected chi connectivity index (χ2v) is 11.9. The molecule has 11 heteroatoms. The SMILES string of the molecule is COC(=O)[C@@H]1CCCN1C(=O)[C@@H](Cc1ccccc1)N(C)C(=O)[C@H](C)NC(=O)[C@H](CC(C)C)NC(=O)OC(C)(C)C. The summed E-state index contributed by atoms with van der Waals surface area (Å²) in [5, 5.41) is 5.31. The van der Waals surface area contributed by atoms with Crippen LogP contribution in [0.4, 0.5) is 4.79 Å². The quantitative estimate of drug-likeness (QED) is 0.388. The van der Waals surface area contributed by atoms with Gasteiger partial charge in [-0.05, 0) is 58.4 Å². The van der Waals surface area contributed by atoms with Crippen molar-refractivity contribution in [3.05, 3.63) is 35.9 Å². The third-order valence-electron chi connectivity index (χ3n) is 6.82. The Labute approximate surface area is 243 Å². The average molecular weight is 575 g/mol. The summed E-state index contributed by atoms with van der Waals surface area (Å²) in [6.45, 7) is 10.9. The van der Waals surface area contributed by atoms with Crippen molar-refractivity contribution in [3.63, 3.8) is 0 Å². The lowest BCUT2D eigenvalue weighted by atomic mass is 10.0. The van der Waals surface area contributed by atoms with Crippen LogP contribution in [0.3, 0.4) is 0 Å². The molecule has 0 saturated carbocycles. The maximum Gasteiger partial charge on any atom is 0.408 e. The number of carbonyl (C=O) groups is 5. The standard InChI is InChI=1S/C30H46N4O7/c1-19(2)17-22(32-29(39)41-30(4,5)6)25(35)31-20(3)26(36)33(7)24(18-21-13-10-9-11-14-21)27(37)34-16-12-15-23(34)28(38)40-8/h9-11,13-14,19-20,22-24H,12,15-18H2,1-8H3,(H,31,35)(H,32,39)/t20-,22-,23-,24+/m0/s1. The maximum atomic E-state index is 13.8. The van der Waals surface area contributed by atoms with Gasteiger partial charge in [0.2, 0.25) is 17.7 Å². The van der Waals surface area contributed by atoms with Crippen molar-refractivity contribution in [1.82, 2.24) is 20.4 Å². The summed E-state index contributed by atoms with van der Waals surface area (Å²) >= 11 is 0. The van der Waals surface area contributed by atoms with E-state index in [9.17, 15) is 24.0 Å². The Hall–Kier alpha value is -3.63. The monoisotopic (exact) mass is 574 g/mol. The first kappa shape index (κ1) is 33.6. The lowest BCUT2D eigenvalue weighted by Gasteiger charge is -2.34. The first-order chi connectivity index (χ1) is 19.1. The molecule has 1 fully saturated rings. The average Bonchev–Trinajstić information content (AvgIpc) is 3.39. The van der Waals surface area contributed by atoms with E-state index in [1.807, 2.05) is 44.2 Å². The molecule has 0 aromatic heterocycles. The van der Waals surface area contributed by atoms with Gasteiger partial charge in [0.25, 0.3) is 0 Å². The van der Waals surface area contributed by atoms with E-state index in [0.717, 1.165) is 5.56 Å². The molecule has 11 nitrogen and oxygen atoms in total.